The minimum absolute atomic E-state index is 0.0346. The Morgan fingerprint density at radius 2 is 1.29 bits per heavy atom. The molecule has 0 aliphatic rings. The van der Waals surface area contributed by atoms with Crippen LogP contribution in [0.25, 0.3) is 11.0 Å². The number of halogens is 10. The van der Waals surface area contributed by atoms with Crippen LogP contribution in [0.1, 0.15) is 5.56 Å². The summed E-state index contributed by atoms with van der Waals surface area (Å²) in [5.41, 5.74) is -6.56. The number of hydrogen-bond acceptors (Lipinski definition) is 3. The summed E-state index contributed by atoms with van der Waals surface area (Å²) in [6, 6.07) is -0.0867. The molecular weight excluding hydrogens is 422 g/mol. The van der Waals surface area contributed by atoms with E-state index in [2.05, 4.69) is 4.74 Å². The average molecular weight is 428 g/mol. The van der Waals surface area contributed by atoms with Crippen molar-refractivity contribution in [2.45, 2.75) is 24.1 Å². The Kier molecular flexibility index (Phi) is 4.93. The van der Waals surface area contributed by atoms with Gasteiger partial charge in [-0.3, -0.25) is 9.59 Å². The number of nitrogens with one attached hydrogen (secondary N) is 2. The van der Waals surface area contributed by atoms with Crippen molar-refractivity contribution in [3.8, 4) is 5.75 Å². The van der Waals surface area contributed by atoms with E-state index in [-0.39, 0.29) is 12.1 Å². The molecule has 0 aliphatic carbocycles. The largest absolute Gasteiger partial charge is 0.471 e. The van der Waals surface area contributed by atoms with Crippen LogP contribution in [0.2, 0.25) is 0 Å². The topological polar surface area (TPSA) is 75.0 Å². The van der Waals surface area contributed by atoms with Gasteiger partial charge in [0.2, 0.25) is 0 Å². The van der Waals surface area contributed by atoms with Crippen molar-refractivity contribution >= 4 is 11.0 Å². The van der Waals surface area contributed by atoms with Gasteiger partial charge in [-0.15, -0.1) is 0 Å². The Balaban J connectivity index is 2.69. The highest BCUT2D eigenvalue weighted by molar-refractivity contribution is 5.77. The predicted octanol–water partition coefficient (Wildman–Crippen LogP) is 3.45. The molecule has 2 aromatic rings. The molecule has 0 aliphatic heterocycles. The maximum absolute atomic E-state index is 13.6. The monoisotopic (exact) mass is 428 g/mol. The highest BCUT2D eigenvalue weighted by Gasteiger charge is 2.74. The van der Waals surface area contributed by atoms with E-state index in [1.54, 1.807) is 9.97 Å². The lowest BCUT2D eigenvalue weighted by molar-refractivity contribution is -0.373. The number of alkyl halides is 10. The Morgan fingerprint density at radius 3 is 1.71 bits per heavy atom. The lowest BCUT2D eigenvalue weighted by Gasteiger charge is -2.31. The summed E-state index contributed by atoms with van der Waals surface area (Å²) >= 11 is 0. The van der Waals surface area contributed by atoms with Crippen molar-refractivity contribution in [1.29, 1.82) is 0 Å². The third-order valence-corrected chi connectivity index (χ3v) is 3.36. The molecular formula is C13H6F10N2O3. The van der Waals surface area contributed by atoms with E-state index in [1.807, 2.05) is 0 Å². The van der Waals surface area contributed by atoms with E-state index in [4.69, 9.17) is 0 Å². The number of fused-ring (bicyclic) bond motifs is 1. The summed E-state index contributed by atoms with van der Waals surface area (Å²) in [5.74, 6) is -14.6. The van der Waals surface area contributed by atoms with Crippen molar-refractivity contribution in [3.63, 3.8) is 0 Å². The molecule has 0 fully saturated rings. The first kappa shape index (κ1) is 21.6. The van der Waals surface area contributed by atoms with Crippen LogP contribution >= 0.6 is 0 Å². The van der Waals surface area contributed by atoms with E-state index < -0.39 is 64.3 Å². The zero-order chi connectivity index (χ0) is 21.7. The molecule has 0 unspecified atom stereocenters. The first-order valence-electron chi connectivity index (χ1n) is 6.79. The number of ether oxygens (including phenoxy) is 1. The third kappa shape index (κ3) is 3.52. The summed E-state index contributed by atoms with van der Waals surface area (Å²) in [7, 11) is 0. The van der Waals surface area contributed by atoms with E-state index in [0.717, 1.165) is 0 Å². The second-order valence-corrected chi connectivity index (χ2v) is 5.33. The van der Waals surface area contributed by atoms with E-state index >= 15 is 0 Å². The maximum atomic E-state index is 13.6. The standard InChI is InChI=1S/C13H6F10N2O3/c14-3-10(15,16)12(20,21)13(22,23)28-7-2-6-5(1-4(7)11(17,18)19)24-8(26)9(27)25-6/h1-2H,3H2,(H,24,26)(H,25,27). The molecule has 2 N–H and O–H groups in total. The van der Waals surface area contributed by atoms with Crippen LogP contribution in [-0.2, 0) is 6.18 Å². The molecule has 1 aromatic heterocycles. The number of aromatic amines is 2. The average Bonchev–Trinajstić information content (AvgIpc) is 2.54. The molecule has 1 heterocycles. The molecule has 28 heavy (non-hydrogen) atoms. The van der Waals surface area contributed by atoms with Gasteiger partial charge in [0.15, 0.2) is 6.67 Å². The van der Waals surface area contributed by atoms with Crippen LogP contribution in [0.15, 0.2) is 21.7 Å². The van der Waals surface area contributed by atoms with Gasteiger partial charge in [-0.25, -0.2) is 4.39 Å². The van der Waals surface area contributed by atoms with Crippen LogP contribution in [0, 0.1) is 0 Å². The number of aromatic nitrogens is 2. The third-order valence-electron chi connectivity index (χ3n) is 3.36. The van der Waals surface area contributed by atoms with Crippen LogP contribution in [0.3, 0.4) is 0 Å². The molecule has 0 bridgehead atoms. The van der Waals surface area contributed by atoms with Crippen molar-refractivity contribution in [1.82, 2.24) is 9.97 Å². The highest BCUT2D eigenvalue weighted by Crippen LogP contribution is 2.48. The van der Waals surface area contributed by atoms with Crippen molar-refractivity contribution in [3.05, 3.63) is 38.4 Å². The van der Waals surface area contributed by atoms with E-state index in [0.29, 0.717) is 0 Å². The van der Waals surface area contributed by atoms with Crippen LogP contribution < -0.4 is 15.9 Å². The maximum Gasteiger partial charge on any atom is 0.471 e. The molecule has 15 heteroatoms. The fourth-order valence-electron chi connectivity index (χ4n) is 1.95. The highest BCUT2D eigenvalue weighted by atomic mass is 19.4. The van der Waals surface area contributed by atoms with E-state index in [9.17, 15) is 53.5 Å². The molecule has 0 amide bonds. The second-order valence-electron chi connectivity index (χ2n) is 5.33. The number of hydrogen-bond donors (Lipinski definition) is 2. The van der Waals surface area contributed by atoms with Gasteiger partial charge in [-0.2, -0.15) is 39.5 Å². The molecule has 0 saturated carbocycles. The van der Waals surface area contributed by atoms with E-state index in [1.165, 1.54) is 0 Å². The zero-order valence-corrected chi connectivity index (χ0v) is 12.9. The molecule has 1 aromatic carbocycles. The van der Waals surface area contributed by atoms with Gasteiger partial charge in [0.1, 0.15) is 5.75 Å². The molecule has 5 nitrogen and oxygen atoms in total. The Bertz CT molecular complexity index is 1010. The first-order valence-corrected chi connectivity index (χ1v) is 6.79. The van der Waals surface area contributed by atoms with Gasteiger partial charge in [0, 0.05) is 6.07 Å². The lowest BCUT2D eigenvalue weighted by atomic mass is 10.1. The molecule has 2 rings (SSSR count). The summed E-state index contributed by atoms with van der Waals surface area (Å²) in [4.78, 5) is 25.6. The zero-order valence-electron chi connectivity index (χ0n) is 12.9. The molecule has 0 atom stereocenters. The minimum Gasteiger partial charge on any atom is -0.427 e. The predicted molar refractivity (Wildman–Crippen MR) is 71.6 cm³/mol. The molecule has 156 valence electrons. The van der Waals surface area contributed by atoms with Gasteiger partial charge in [0.25, 0.3) is 0 Å². The van der Waals surface area contributed by atoms with Crippen molar-refractivity contribution in [2.75, 3.05) is 6.67 Å². The quantitative estimate of drug-likeness (QED) is 0.566. The summed E-state index contributed by atoms with van der Waals surface area (Å²) in [5, 5.41) is 0. The summed E-state index contributed by atoms with van der Waals surface area (Å²) < 4.78 is 134. The molecule has 0 radical (unpaired) electrons. The van der Waals surface area contributed by atoms with Crippen LogP contribution in [0.4, 0.5) is 43.9 Å². The van der Waals surface area contributed by atoms with Crippen molar-refractivity contribution in [2.24, 2.45) is 0 Å². The van der Waals surface area contributed by atoms with Gasteiger partial charge in [-0.05, 0) is 6.07 Å². The number of H-pyrrole nitrogens is 2. The molecule has 0 saturated heterocycles. The lowest BCUT2D eigenvalue weighted by Crippen LogP contribution is -2.58. The Hall–Kier alpha value is -2.74. The van der Waals surface area contributed by atoms with Gasteiger partial charge in [-0.1, -0.05) is 0 Å². The fourth-order valence-corrected chi connectivity index (χ4v) is 1.95. The Morgan fingerprint density at radius 1 is 0.821 bits per heavy atom. The van der Waals surface area contributed by atoms with Gasteiger partial charge >= 0.3 is 35.2 Å². The molecule has 0 spiro atoms. The van der Waals surface area contributed by atoms with Crippen LogP contribution in [-0.4, -0.2) is 34.6 Å². The minimum atomic E-state index is -6.54. The first-order chi connectivity index (χ1) is 12.5. The number of benzene rings is 1. The summed E-state index contributed by atoms with van der Waals surface area (Å²) in [6.07, 6.45) is -11.8. The Labute approximate surface area is 145 Å². The fraction of sp³-hybridized carbons (Fsp3) is 0.385. The normalized spacial score (nSPS) is 13.8. The SMILES string of the molecule is O=c1[nH]c2cc(OC(F)(F)C(F)(F)C(F)(F)CF)c(C(F)(F)F)cc2[nH]c1=O. The second kappa shape index (κ2) is 6.41. The van der Waals surface area contributed by atoms with Gasteiger partial charge in [0.05, 0.1) is 16.6 Å². The van der Waals surface area contributed by atoms with Gasteiger partial charge < -0.3 is 14.7 Å². The van der Waals surface area contributed by atoms with Crippen molar-refractivity contribution < 1.29 is 48.6 Å². The smallest absolute Gasteiger partial charge is 0.427 e. The number of rotatable bonds is 5. The van der Waals surface area contributed by atoms with Crippen LogP contribution in [0.5, 0.6) is 5.75 Å². The summed E-state index contributed by atoms with van der Waals surface area (Å²) in [6.45, 7) is -3.25.